The van der Waals surface area contributed by atoms with Crippen LogP contribution in [0.15, 0.2) is 0 Å². The maximum atomic E-state index is 5.82. The number of rotatable bonds is 5. The van der Waals surface area contributed by atoms with Gasteiger partial charge in [0.05, 0.1) is 12.2 Å². The largest absolute Gasteiger partial charge is 0.372 e. The number of likely N-dealkylation sites (tertiary alicyclic amines) is 1. The van der Waals surface area contributed by atoms with Crippen molar-refractivity contribution in [2.45, 2.75) is 50.9 Å². The Hall–Kier alpha value is -0.120. The number of hydrogen-bond acceptors (Lipinski definition) is 3. The monoisotopic (exact) mass is 212 g/mol. The maximum absolute atomic E-state index is 5.82. The van der Waals surface area contributed by atoms with E-state index >= 15 is 0 Å². The Morgan fingerprint density at radius 2 is 2.00 bits per heavy atom. The van der Waals surface area contributed by atoms with Crippen LogP contribution in [0, 0.1) is 0 Å². The highest BCUT2D eigenvalue weighted by molar-refractivity contribution is 4.84. The third-order valence-corrected chi connectivity index (χ3v) is 3.72. The second kappa shape index (κ2) is 5.28. The van der Waals surface area contributed by atoms with Crippen LogP contribution in [0.4, 0.5) is 0 Å². The molecular formula is C12H24N2O. The Morgan fingerprint density at radius 1 is 1.33 bits per heavy atom. The molecule has 15 heavy (non-hydrogen) atoms. The SMILES string of the molecule is CNC(C)CCCN1CC2CCC(C1)O2. The highest BCUT2D eigenvalue weighted by Crippen LogP contribution is 2.26. The van der Waals surface area contributed by atoms with Crippen LogP contribution in [-0.2, 0) is 4.74 Å². The van der Waals surface area contributed by atoms with E-state index < -0.39 is 0 Å². The van der Waals surface area contributed by atoms with Gasteiger partial charge >= 0.3 is 0 Å². The summed E-state index contributed by atoms with van der Waals surface area (Å²) in [6, 6.07) is 0.655. The van der Waals surface area contributed by atoms with Crippen LogP contribution in [0.25, 0.3) is 0 Å². The van der Waals surface area contributed by atoms with Crippen molar-refractivity contribution in [3.8, 4) is 0 Å². The van der Waals surface area contributed by atoms with E-state index in [0.717, 1.165) is 0 Å². The summed E-state index contributed by atoms with van der Waals surface area (Å²) in [5, 5.41) is 3.29. The Bertz CT molecular complexity index is 186. The second-order valence-corrected chi connectivity index (χ2v) is 5.05. The van der Waals surface area contributed by atoms with Crippen molar-refractivity contribution in [3.63, 3.8) is 0 Å². The molecule has 3 unspecified atom stereocenters. The molecular weight excluding hydrogens is 188 g/mol. The number of fused-ring (bicyclic) bond motifs is 2. The molecule has 1 N–H and O–H groups in total. The molecule has 0 aromatic rings. The van der Waals surface area contributed by atoms with Crippen molar-refractivity contribution in [1.29, 1.82) is 0 Å². The molecule has 2 fully saturated rings. The molecule has 0 aromatic heterocycles. The average Bonchev–Trinajstić information content (AvgIpc) is 2.58. The van der Waals surface area contributed by atoms with Crippen molar-refractivity contribution < 1.29 is 4.74 Å². The fourth-order valence-corrected chi connectivity index (χ4v) is 2.65. The Morgan fingerprint density at radius 3 is 2.60 bits per heavy atom. The summed E-state index contributed by atoms with van der Waals surface area (Å²) in [7, 11) is 2.04. The third kappa shape index (κ3) is 3.16. The lowest BCUT2D eigenvalue weighted by atomic mass is 10.1. The van der Waals surface area contributed by atoms with Gasteiger partial charge < -0.3 is 10.1 Å². The summed E-state index contributed by atoms with van der Waals surface area (Å²) in [5.74, 6) is 0. The molecule has 0 aliphatic carbocycles. The Labute approximate surface area is 93.2 Å². The summed E-state index contributed by atoms with van der Waals surface area (Å²) in [6.45, 7) is 5.85. The lowest BCUT2D eigenvalue weighted by Crippen LogP contribution is -2.43. The van der Waals surface area contributed by atoms with E-state index in [-0.39, 0.29) is 0 Å². The van der Waals surface area contributed by atoms with Crippen LogP contribution in [0.1, 0.15) is 32.6 Å². The van der Waals surface area contributed by atoms with Gasteiger partial charge in [-0.1, -0.05) is 0 Å². The quantitative estimate of drug-likeness (QED) is 0.742. The number of morpholine rings is 1. The van der Waals surface area contributed by atoms with Gasteiger partial charge in [0.2, 0.25) is 0 Å². The van der Waals surface area contributed by atoms with Gasteiger partial charge in [-0.3, -0.25) is 4.90 Å². The van der Waals surface area contributed by atoms with E-state index in [4.69, 9.17) is 4.74 Å². The summed E-state index contributed by atoms with van der Waals surface area (Å²) in [5.41, 5.74) is 0. The Kier molecular flexibility index (Phi) is 4.00. The molecule has 3 heteroatoms. The number of hydrogen-bond donors (Lipinski definition) is 1. The van der Waals surface area contributed by atoms with Crippen molar-refractivity contribution in [3.05, 3.63) is 0 Å². The number of nitrogens with one attached hydrogen (secondary N) is 1. The highest BCUT2D eigenvalue weighted by Gasteiger charge is 2.33. The van der Waals surface area contributed by atoms with Crippen LogP contribution in [0.3, 0.4) is 0 Å². The summed E-state index contributed by atoms with van der Waals surface area (Å²) in [4.78, 5) is 2.59. The normalized spacial score (nSPS) is 33.2. The zero-order valence-electron chi connectivity index (χ0n) is 10.0. The van der Waals surface area contributed by atoms with Gasteiger partial charge in [0.1, 0.15) is 0 Å². The van der Waals surface area contributed by atoms with Crippen molar-refractivity contribution in [2.75, 3.05) is 26.7 Å². The smallest absolute Gasteiger partial charge is 0.0707 e. The van der Waals surface area contributed by atoms with Crippen LogP contribution < -0.4 is 5.32 Å². The van der Waals surface area contributed by atoms with Gasteiger partial charge in [0, 0.05) is 19.1 Å². The molecule has 2 aliphatic rings. The standard InChI is InChI=1S/C12H24N2O/c1-10(13-2)4-3-7-14-8-11-5-6-12(9-14)15-11/h10-13H,3-9H2,1-2H3. The molecule has 0 amide bonds. The van der Waals surface area contributed by atoms with Crippen molar-refractivity contribution in [1.82, 2.24) is 10.2 Å². The van der Waals surface area contributed by atoms with E-state index in [0.29, 0.717) is 18.2 Å². The van der Waals surface area contributed by atoms with E-state index in [9.17, 15) is 0 Å². The van der Waals surface area contributed by atoms with Crippen molar-refractivity contribution in [2.24, 2.45) is 0 Å². The van der Waals surface area contributed by atoms with Gasteiger partial charge in [-0.05, 0) is 46.2 Å². The van der Waals surface area contributed by atoms with Crippen molar-refractivity contribution >= 4 is 0 Å². The zero-order valence-corrected chi connectivity index (χ0v) is 10.0. The first-order valence-electron chi connectivity index (χ1n) is 6.33. The number of nitrogens with zero attached hydrogens (tertiary/aromatic N) is 1. The summed E-state index contributed by atoms with van der Waals surface area (Å²) < 4.78 is 5.82. The summed E-state index contributed by atoms with van der Waals surface area (Å²) in [6.07, 6.45) is 6.25. The molecule has 2 saturated heterocycles. The van der Waals surface area contributed by atoms with E-state index in [1.807, 2.05) is 7.05 Å². The fourth-order valence-electron chi connectivity index (χ4n) is 2.65. The molecule has 0 spiro atoms. The minimum atomic E-state index is 0.547. The predicted molar refractivity (Wildman–Crippen MR) is 62.1 cm³/mol. The molecule has 2 aliphatic heterocycles. The van der Waals surface area contributed by atoms with Gasteiger partial charge in [-0.2, -0.15) is 0 Å². The second-order valence-electron chi connectivity index (χ2n) is 5.05. The van der Waals surface area contributed by atoms with E-state index in [2.05, 4.69) is 17.1 Å². The molecule has 88 valence electrons. The molecule has 0 radical (unpaired) electrons. The molecule has 3 nitrogen and oxygen atoms in total. The molecule has 2 rings (SSSR count). The first kappa shape index (κ1) is 11.4. The lowest BCUT2D eigenvalue weighted by molar-refractivity contribution is -0.0386. The predicted octanol–water partition coefficient (Wildman–Crippen LogP) is 1.24. The molecule has 2 bridgehead atoms. The third-order valence-electron chi connectivity index (χ3n) is 3.72. The first-order valence-corrected chi connectivity index (χ1v) is 6.33. The van der Waals surface area contributed by atoms with Crippen LogP contribution in [0.2, 0.25) is 0 Å². The van der Waals surface area contributed by atoms with Gasteiger partial charge in [0.15, 0.2) is 0 Å². The molecule has 0 saturated carbocycles. The highest BCUT2D eigenvalue weighted by atomic mass is 16.5. The Balaban J connectivity index is 1.63. The van der Waals surface area contributed by atoms with E-state index in [1.165, 1.54) is 45.3 Å². The van der Waals surface area contributed by atoms with Crippen LogP contribution in [-0.4, -0.2) is 49.8 Å². The molecule has 0 aromatic carbocycles. The number of ether oxygens (including phenoxy) is 1. The topological polar surface area (TPSA) is 24.5 Å². The zero-order chi connectivity index (χ0) is 10.7. The summed E-state index contributed by atoms with van der Waals surface area (Å²) >= 11 is 0. The molecule has 3 atom stereocenters. The van der Waals surface area contributed by atoms with Gasteiger partial charge in [-0.25, -0.2) is 0 Å². The van der Waals surface area contributed by atoms with Gasteiger partial charge in [0.25, 0.3) is 0 Å². The van der Waals surface area contributed by atoms with Gasteiger partial charge in [-0.15, -0.1) is 0 Å². The minimum absolute atomic E-state index is 0.547. The van der Waals surface area contributed by atoms with Crippen LogP contribution in [0.5, 0.6) is 0 Å². The minimum Gasteiger partial charge on any atom is -0.372 e. The average molecular weight is 212 g/mol. The fraction of sp³-hybridized carbons (Fsp3) is 1.00. The van der Waals surface area contributed by atoms with E-state index in [1.54, 1.807) is 0 Å². The lowest BCUT2D eigenvalue weighted by Gasteiger charge is -2.32. The first-order chi connectivity index (χ1) is 7.28. The molecule has 2 heterocycles. The van der Waals surface area contributed by atoms with Crippen LogP contribution >= 0.6 is 0 Å². The maximum Gasteiger partial charge on any atom is 0.0707 e.